The van der Waals surface area contributed by atoms with Crippen LogP contribution in [0.2, 0.25) is 0 Å². The molecule has 3 aromatic carbocycles. The molecule has 1 N–H and O–H groups in total. The molecule has 0 radical (unpaired) electrons. The Morgan fingerprint density at radius 2 is 1.80 bits per heavy atom. The number of nitriles is 1. The molecule has 152 valence electrons. The van der Waals surface area contributed by atoms with Crippen LogP contribution in [0.25, 0.3) is 11.1 Å². The molecule has 0 aliphatic rings. The van der Waals surface area contributed by atoms with E-state index in [4.69, 9.17) is 14.7 Å². The second kappa shape index (κ2) is 9.68. The van der Waals surface area contributed by atoms with Gasteiger partial charge in [0.15, 0.2) is 6.10 Å². The van der Waals surface area contributed by atoms with Crippen LogP contribution in [0.5, 0.6) is 5.75 Å². The van der Waals surface area contributed by atoms with Gasteiger partial charge in [-0.15, -0.1) is 0 Å². The lowest BCUT2D eigenvalue weighted by Gasteiger charge is -2.17. The third kappa shape index (κ3) is 4.83. The number of amides is 1. The van der Waals surface area contributed by atoms with Gasteiger partial charge in [0, 0.05) is 19.2 Å². The monoisotopic (exact) mass is 404 g/mol. The molecule has 6 heteroatoms. The standard InChI is InChI=1S/C24H21FN2O3/c1-29-20-5-3-4-18(12-20)19-10-11-21(22(25)13-19)23(30-2)24(28)27-15-17-8-6-16(14-26)7-9-17/h3-13,23H,15H2,1-2H3,(H,27,28). The van der Waals surface area contributed by atoms with E-state index >= 15 is 0 Å². The predicted octanol–water partition coefficient (Wildman–Crippen LogP) is 4.38. The topological polar surface area (TPSA) is 71.3 Å². The summed E-state index contributed by atoms with van der Waals surface area (Å²) in [6.07, 6.45) is -1.08. The van der Waals surface area contributed by atoms with E-state index in [1.54, 1.807) is 43.5 Å². The van der Waals surface area contributed by atoms with Gasteiger partial charge < -0.3 is 14.8 Å². The molecule has 0 spiro atoms. The minimum absolute atomic E-state index is 0.154. The highest BCUT2D eigenvalue weighted by molar-refractivity contribution is 5.82. The average Bonchev–Trinajstić information content (AvgIpc) is 2.79. The summed E-state index contributed by atoms with van der Waals surface area (Å²) in [5.74, 6) is -0.306. The normalized spacial score (nSPS) is 11.4. The molecule has 1 unspecified atom stereocenters. The molecular weight excluding hydrogens is 383 g/mol. The fourth-order valence-corrected chi connectivity index (χ4v) is 3.08. The number of rotatable bonds is 7. The van der Waals surface area contributed by atoms with Crippen molar-refractivity contribution in [1.29, 1.82) is 5.26 Å². The van der Waals surface area contributed by atoms with E-state index in [1.807, 2.05) is 30.3 Å². The Bertz CT molecular complexity index is 1070. The molecule has 1 amide bonds. The Hall–Kier alpha value is -3.69. The molecule has 0 aliphatic carbocycles. The van der Waals surface area contributed by atoms with Crippen molar-refractivity contribution in [2.45, 2.75) is 12.6 Å². The smallest absolute Gasteiger partial charge is 0.254 e. The highest BCUT2D eigenvalue weighted by Crippen LogP contribution is 2.28. The van der Waals surface area contributed by atoms with Crippen LogP contribution in [0.4, 0.5) is 4.39 Å². The van der Waals surface area contributed by atoms with E-state index in [2.05, 4.69) is 5.32 Å². The summed E-state index contributed by atoms with van der Waals surface area (Å²) in [4.78, 5) is 12.6. The number of halogens is 1. The van der Waals surface area contributed by atoms with E-state index in [1.165, 1.54) is 13.2 Å². The predicted molar refractivity (Wildman–Crippen MR) is 111 cm³/mol. The molecule has 0 aliphatic heterocycles. The highest BCUT2D eigenvalue weighted by Gasteiger charge is 2.23. The van der Waals surface area contributed by atoms with Crippen molar-refractivity contribution in [1.82, 2.24) is 5.32 Å². The molecule has 3 aromatic rings. The van der Waals surface area contributed by atoms with Crippen LogP contribution in [-0.2, 0) is 16.1 Å². The maximum atomic E-state index is 14.8. The first-order chi connectivity index (χ1) is 14.5. The molecule has 1 atom stereocenters. The summed E-state index contributed by atoms with van der Waals surface area (Å²) in [5.41, 5.74) is 2.99. The summed E-state index contributed by atoms with van der Waals surface area (Å²) in [5, 5.41) is 11.6. The van der Waals surface area contributed by atoms with Crippen molar-refractivity contribution in [3.63, 3.8) is 0 Å². The Kier molecular flexibility index (Phi) is 6.79. The second-order valence-electron chi connectivity index (χ2n) is 6.61. The zero-order valence-electron chi connectivity index (χ0n) is 16.7. The van der Waals surface area contributed by atoms with Crippen LogP contribution in [0, 0.1) is 17.1 Å². The largest absolute Gasteiger partial charge is 0.497 e. The van der Waals surface area contributed by atoms with Crippen LogP contribution in [-0.4, -0.2) is 20.1 Å². The SMILES string of the molecule is COc1cccc(-c2ccc(C(OC)C(=O)NCc3ccc(C#N)cc3)c(F)c2)c1. The van der Waals surface area contributed by atoms with Crippen LogP contribution in [0.3, 0.4) is 0 Å². The summed E-state index contributed by atoms with van der Waals surface area (Å²) < 4.78 is 25.3. The number of carbonyl (C=O) groups is 1. The van der Waals surface area contributed by atoms with E-state index < -0.39 is 17.8 Å². The van der Waals surface area contributed by atoms with Gasteiger partial charge >= 0.3 is 0 Å². The van der Waals surface area contributed by atoms with Crippen LogP contribution >= 0.6 is 0 Å². The number of methoxy groups -OCH3 is 2. The first kappa shape index (κ1) is 21.0. The van der Waals surface area contributed by atoms with Crippen molar-refractivity contribution >= 4 is 5.91 Å². The fourth-order valence-electron chi connectivity index (χ4n) is 3.08. The Morgan fingerprint density at radius 1 is 1.07 bits per heavy atom. The lowest BCUT2D eigenvalue weighted by molar-refractivity contribution is -0.131. The maximum absolute atomic E-state index is 14.8. The maximum Gasteiger partial charge on any atom is 0.254 e. The minimum Gasteiger partial charge on any atom is -0.497 e. The molecule has 0 saturated heterocycles. The third-order valence-corrected chi connectivity index (χ3v) is 4.71. The summed E-state index contributed by atoms with van der Waals surface area (Å²) in [7, 11) is 2.93. The van der Waals surface area contributed by atoms with Gasteiger partial charge in [0.2, 0.25) is 0 Å². The first-order valence-corrected chi connectivity index (χ1v) is 9.29. The zero-order valence-corrected chi connectivity index (χ0v) is 16.7. The fraction of sp³-hybridized carbons (Fsp3) is 0.167. The number of nitrogens with zero attached hydrogens (tertiary/aromatic N) is 1. The molecule has 0 bridgehead atoms. The molecular formula is C24H21FN2O3. The summed E-state index contributed by atoms with van der Waals surface area (Å²) >= 11 is 0. The van der Waals surface area contributed by atoms with Gasteiger partial charge in [-0.1, -0.05) is 36.4 Å². The highest BCUT2D eigenvalue weighted by atomic mass is 19.1. The first-order valence-electron chi connectivity index (χ1n) is 9.29. The van der Waals surface area contributed by atoms with Gasteiger partial charge in [0.05, 0.1) is 18.7 Å². The van der Waals surface area contributed by atoms with Crippen LogP contribution < -0.4 is 10.1 Å². The molecule has 0 fully saturated rings. The van der Waals surface area contributed by atoms with Crippen molar-refractivity contribution in [2.75, 3.05) is 14.2 Å². The number of nitrogens with one attached hydrogen (secondary N) is 1. The summed E-state index contributed by atoms with van der Waals surface area (Å²) in [6, 6.07) is 20.9. The van der Waals surface area contributed by atoms with E-state index in [0.29, 0.717) is 16.9 Å². The van der Waals surface area contributed by atoms with E-state index in [0.717, 1.165) is 11.1 Å². The van der Waals surface area contributed by atoms with Crippen molar-refractivity contribution in [3.8, 4) is 22.9 Å². The van der Waals surface area contributed by atoms with Gasteiger partial charge in [-0.3, -0.25) is 4.79 Å². The third-order valence-electron chi connectivity index (χ3n) is 4.71. The number of benzene rings is 3. The van der Waals surface area contributed by atoms with Crippen molar-refractivity contribution < 1.29 is 18.7 Å². The Morgan fingerprint density at radius 3 is 2.43 bits per heavy atom. The zero-order chi connectivity index (χ0) is 21.5. The van der Waals surface area contributed by atoms with E-state index in [9.17, 15) is 9.18 Å². The lowest BCUT2D eigenvalue weighted by atomic mass is 10.0. The van der Waals surface area contributed by atoms with Crippen molar-refractivity contribution in [3.05, 3.63) is 89.2 Å². The number of ether oxygens (including phenoxy) is 2. The number of carbonyl (C=O) groups excluding carboxylic acids is 1. The Labute approximate surface area is 174 Å². The second-order valence-corrected chi connectivity index (χ2v) is 6.61. The van der Waals surface area contributed by atoms with Gasteiger partial charge in [0.1, 0.15) is 11.6 Å². The Balaban J connectivity index is 1.74. The van der Waals surface area contributed by atoms with Gasteiger partial charge in [-0.25, -0.2) is 4.39 Å². The van der Waals surface area contributed by atoms with Crippen LogP contribution in [0.1, 0.15) is 22.8 Å². The lowest BCUT2D eigenvalue weighted by Crippen LogP contribution is -2.30. The average molecular weight is 404 g/mol. The molecule has 30 heavy (non-hydrogen) atoms. The molecule has 3 rings (SSSR count). The molecule has 0 aromatic heterocycles. The number of hydrogen-bond donors (Lipinski definition) is 1. The van der Waals surface area contributed by atoms with Gasteiger partial charge in [-0.05, 0) is 47.0 Å². The van der Waals surface area contributed by atoms with Crippen LogP contribution in [0.15, 0.2) is 66.7 Å². The molecule has 5 nitrogen and oxygen atoms in total. The van der Waals surface area contributed by atoms with E-state index in [-0.39, 0.29) is 12.1 Å². The quantitative estimate of drug-likeness (QED) is 0.635. The summed E-state index contributed by atoms with van der Waals surface area (Å²) in [6.45, 7) is 0.244. The number of hydrogen-bond acceptors (Lipinski definition) is 4. The van der Waals surface area contributed by atoms with Gasteiger partial charge in [0.25, 0.3) is 5.91 Å². The molecule has 0 saturated carbocycles. The minimum atomic E-state index is -1.08. The molecule has 0 heterocycles. The van der Waals surface area contributed by atoms with Crippen molar-refractivity contribution in [2.24, 2.45) is 0 Å². The van der Waals surface area contributed by atoms with Gasteiger partial charge in [-0.2, -0.15) is 5.26 Å².